The molecule has 2 unspecified atom stereocenters. The summed E-state index contributed by atoms with van der Waals surface area (Å²) in [7, 11) is 4.11. The summed E-state index contributed by atoms with van der Waals surface area (Å²) in [6.07, 6.45) is 4.86. The van der Waals surface area contributed by atoms with Crippen molar-refractivity contribution in [2.75, 3.05) is 7.05 Å². The highest BCUT2D eigenvalue weighted by Crippen LogP contribution is 2.19. The topological polar surface area (TPSA) is 47.1 Å². The van der Waals surface area contributed by atoms with Crippen molar-refractivity contribution in [2.24, 2.45) is 12.8 Å². The Morgan fingerprint density at radius 2 is 1.95 bits per heavy atom. The number of nitrogens with zero attached hydrogens (tertiary/aromatic N) is 3. The Balaban J connectivity index is 2.03. The number of hydrogen-bond donors (Lipinski definition) is 1. The minimum absolute atomic E-state index is 0.00109. The molecule has 0 fully saturated rings. The maximum Gasteiger partial charge on any atom is 0.122 e. The molecule has 0 aliphatic rings. The predicted molar refractivity (Wildman–Crippen MR) is 86.9 cm³/mol. The molecule has 21 heavy (non-hydrogen) atoms. The van der Waals surface area contributed by atoms with E-state index in [1.54, 1.807) is 0 Å². The number of benzene rings is 1. The van der Waals surface area contributed by atoms with E-state index in [9.17, 15) is 0 Å². The summed E-state index contributed by atoms with van der Waals surface area (Å²) in [4.78, 5) is 6.62. The second kappa shape index (κ2) is 6.87. The molecule has 114 valence electrons. The van der Waals surface area contributed by atoms with Gasteiger partial charge < -0.3 is 10.3 Å². The van der Waals surface area contributed by atoms with Crippen LogP contribution >= 0.6 is 0 Å². The number of nitrogens with two attached hydrogens (primary N) is 1. The first-order chi connectivity index (χ1) is 10.0. The van der Waals surface area contributed by atoms with Crippen molar-refractivity contribution in [3.05, 3.63) is 53.6 Å². The largest absolute Gasteiger partial charge is 0.337 e. The van der Waals surface area contributed by atoms with E-state index >= 15 is 0 Å². The molecule has 0 amide bonds. The Bertz CT molecular complexity index is 558. The minimum atomic E-state index is 0.00109. The van der Waals surface area contributed by atoms with Crippen LogP contribution in [0.2, 0.25) is 0 Å². The fourth-order valence-corrected chi connectivity index (χ4v) is 2.44. The van der Waals surface area contributed by atoms with Crippen LogP contribution in [0.25, 0.3) is 0 Å². The molecule has 1 heterocycles. The Morgan fingerprint density at radius 3 is 2.48 bits per heavy atom. The Kier molecular flexibility index (Phi) is 5.15. The van der Waals surface area contributed by atoms with Crippen molar-refractivity contribution in [3.63, 3.8) is 0 Å². The second-order valence-corrected chi connectivity index (χ2v) is 5.73. The van der Waals surface area contributed by atoms with Crippen LogP contribution in [0.15, 0.2) is 36.7 Å². The van der Waals surface area contributed by atoms with Gasteiger partial charge in [0.1, 0.15) is 5.82 Å². The van der Waals surface area contributed by atoms with Crippen LogP contribution in [0, 0.1) is 0 Å². The summed E-state index contributed by atoms with van der Waals surface area (Å²) in [6.45, 7) is 5.13. The molecule has 2 rings (SSSR count). The lowest BCUT2D eigenvalue weighted by Gasteiger charge is -2.29. The molecule has 0 saturated carbocycles. The van der Waals surface area contributed by atoms with E-state index in [1.807, 2.05) is 24.0 Å². The first-order valence-corrected chi connectivity index (χ1v) is 7.53. The fraction of sp³-hybridized carbons (Fsp3) is 0.471. The van der Waals surface area contributed by atoms with Gasteiger partial charge in [-0.25, -0.2) is 4.98 Å². The van der Waals surface area contributed by atoms with Crippen molar-refractivity contribution in [1.82, 2.24) is 14.5 Å². The molecular weight excluding hydrogens is 260 g/mol. The maximum atomic E-state index is 6.43. The van der Waals surface area contributed by atoms with Gasteiger partial charge in [0.05, 0.1) is 6.54 Å². The van der Waals surface area contributed by atoms with Gasteiger partial charge in [0.2, 0.25) is 0 Å². The lowest BCUT2D eigenvalue weighted by atomic mass is 9.98. The van der Waals surface area contributed by atoms with Crippen LogP contribution in [-0.2, 0) is 20.0 Å². The quantitative estimate of drug-likeness (QED) is 0.887. The average molecular weight is 286 g/mol. The van der Waals surface area contributed by atoms with Crippen LogP contribution < -0.4 is 5.73 Å². The number of aryl methyl sites for hydroxylation is 2. The lowest BCUT2D eigenvalue weighted by Crippen LogP contribution is -2.38. The van der Waals surface area contributed by atoms with E-state index in [4.69, 9.17) is 5.73 Å². The van der Waals surface area contributed by atoms with E-state index < -0.39 is 0 Å². The molecule has 1 aromatic heterocycles. The van der Waals surface area contributed by atoms with Crippen molar-refractivity contribution in [1.29, 1.82) is 0 Å². The van der Waals surface area contributed by atoms with E-state index in [1.165, 1.54) is 11.1 Å². The average Bonchev–Trinajstić information content (AvgIpc) is 2.91. The van der Waals surface area contributed by atoms with Crippen LogP contribution in [0.3, 0.4) is 0 Å². The predicted octanol–water partition coefficient (Wildman–Crippen LogP) is 2.50. The summed E-state index contributed by atoms with van der Waals surface area (Å²) in [5.74, 6) is 1.05. The summed E-state index contributed by atoms with van der Waals surface area (Å²) in [6, 6.07) is 8.88. The third-order valence-electron chi connectivity index (χ3n) is 4.30. The zero-order valence-electron chi connectivity index (χ0n) is 13.5. The number of imidazole rings is 1. The van der Waals surface area contributed by atoms with Gasteiger partial charge in [0.25, 0.3) is 0 Å². The van der Waals surface area contributed by atoms with E-state index in [0.29, 0.717) is 0 Å². The molecular formula is C17H26N4. The van der Waals surface area contributed by atoms with Crippen LogP contribution in [-0.4, -0.2) is 27.5 Å². The van der Waals surface area contributed by atoms with Crippen molar-refractivity contribution in [2.45, 2.75) is 38.9 Å². The zero-order valence-corrected chi connectivity index (χ0v) is 13.5. The smallest absolute Gasteiger partial charge is 0.122 e. The zero-order chi connectivity index (χ0) is 15.4. The van der Waals surface area contributed by atoms with Gasteiger partial charge in [-0.1, -0.05) is 31.2 Å². The van der Waals surface area contributed by atoms with E-state index in [0.717, 1.165) is 18.8 Å². The van der Waals surface area contributed by atoms with Gasteiger partial charge in [-0.15, -0.1) is 0 Å². The molecule has 4 nitrogen and oxygen atoms in total. The summed E-state index contributed by atoms with van der Waals surface area (Å²) < 4.78 is 2.05. The molecule has 0 spiro atoms. The van der Waals surface area contributed by atoms with Crippen molar-refractivity contribution in [3.8, 4) is 0 Å². The highest BCUT2D eigenvalue weighted by Gasteiger charge is 2.20. The Labute approximate surface area is 127 Å². The minimum Gasteiger partial charge on any atom is -0.337 e. The fourth-order valence-electron chi connectivity index (χ4n) is 2.44. The number of rotatable bonds is 6. The molecule has 0 aliphatic carbocycles. The molecule has 0 bridgehead atoms. The Hall–Kier alpha value is -1.65. The van der Waals surface area contributed by atoms with E-state index in [-0.39, 0.29) is 12.1 Å². The maximum absolute atomic E-state index is 6.43. The molecule has 0 aliphatic heterocycles. The molecule has 0 radical (unpaired) electrons. The van der Waals surface area contributed by atoms with Gasteiger partial charge in [-0.3, -0.25) is 4.90 Å². The molecule has 2 N–H and O–H groups in total. The third kappa shape index (κ3) is 3.71. The van der Waals surface area contributed by atoms with Crippen LogP contribution in [0.1, 0.15) is 36.8 Å². The van der Waals surface area contributed by atoms with Gasteiger partial charge in [-0.2, -0.15) is 0 Å². The first-order valence-electron chi connectivity index (χ1n) is 7.53. The molecule has 2 atom stereocenters. The summed E-state index contributed by atoms with van der Waals surface area (Å²) in [5.41, 5.74) is 8.96. The highest BCUT2D eigenvalue weighted by molar-refractivity contribution is 5.25. The standard InChI is InChI=1S/C17H26N4/c1-5-14-6-8-15(9-7-14)17(18)13(2)21(4)12-16-19-10-11-20(16)3/h6-11,13,17H,5,12,18H2,1-4H3. The molecule has 2 aromatic rings. The van der Waals surface area contributed by atoms with Crippen molar-refractivity contribution >= 4 is 0 Å². The second-order valence-electron chi connectivity index (χ2n) is 5.73. The van der Waals surface area contributed by atoms with Gasteiger partial charge in [0.15, 0.2) is 0 Å². The number of likely N-dealkylation sites (N-methyl/N-ethyl adjacent to an activating group) is 1. The van der Waals surface area contributed by atoms with Gasteiger partial charge >= 0.3 is 0 Å². The van der Waals surface area contributed by atoms with Gasteiger partial charge in [-0.05, 0) is 31.5 Å². The number of aromatic nitrogens is 2. The SMILES string of the molecule is CCc1ccc(C(N)C(C)N(C)Cc2nccn2C)cc1. The third-order valence-corrected chi connectivity index (χ3v) is 4.30. The number of hydrogen-bond acceptors (Lipinski definition) is 3. The lowest BCUT2D eigenvalue weighted by molar-refractivity contribution is 0.212. The molecule has 0 saturated heterocycles. The van der Waals surface area contributed by atoms with Gasteiger partial charge in [0, 0.05) is 31.5 Å². The molecule has 4 heteroatoms. The summed E-state index contributed by atoms with van der Waals surface area (Å²) >= 11 is 0. The summed E-state index contributed by atoms with van der Waals surface area (Å²) in [5, 5.41) is 0. The Morgan fingerprint density at radius 1 is 1.29 bits per heavy atom. The van der Waals surface area contributed by atoms with Crippen LogP contribution in [0.5, 0.6) is 0 Å². The highest BCUT2D eigenvalue weighted by atomic mass is 15.2. The van der Waals surface area contributed by atoms with Crippen molar-refractivity contribution < 1.29 is 0 Å². The van der Waals surface area contributed by atoms with Crippen LogP contribution in [0.4, 0.5) is 0 Å². The first kappa shape index (κ1) is 15.7. The van der Waals surface area contributed by atoms with E-state index in [2.05, 4.69) is 55.0 Å². The normalized spacial score (nSPS) is 14.4. The monoisotopic (exact) mass is 286 g/mol. The molecule has 1 aromatic carbocycles.